The maximum atomic E-state index is 12.7. The Hall–Kier alpha value is -5.55. The number of carbonyl (C=O) groups excluding carboxylic acids is 1. The zero-order valence-electron chi connectivity index (χ0n) is 37.7. The van der Waals surface area contributed by atoms with E-state index >= 15 is 0 Å². The minimum Gasteiger partial charge on any atom is -0.507 e. The van der Waals surface area contributed by atoms with Gasteiger partial charge in [0.2, 0.25) is 5.95 Å². The highest BCUT2D eigenvalue weighted by atomic mass is 35.5. The summed E-state index contributed by atoms with van der Waals surface area (Å²) >= 11 is 6.50. The molecule has 1 amide bonds. The maximum absolute atomic E-state index is 12.7. The van der Waals surface area contributed by atoms with Crippen LogP contribution in [0.25, 0.3) is 32.9 Å². The standard InChI is InChI=1S/C31H40ClN7O3.C17H18N2O3.H2S/c1-33-28(40)19-42-27-14-23-13-24(6-7-26(23)37(2)30(27)41)35-29-25(32)15-34-31(36-29)39-10-8-20(9-11-39)12-22-17-38(18-22)16-21-4-3-5-21;1-17(2,22)10-4-5-14(20)12(8-10)13-9-19(3)16(21)15-11(13)6-7-18-15;/h6-7,13-15,20-22H,3-5,8-12,16-19H2,1-2H3,(H,33,40)(H,34,35,36);4-9,18,20,22H,1-3H3;1H2. The van der Waals surface area contributed by atoms with Crippen LogP contribution in [0, 0.1) is 17.8 Å². The number of amides is 1. The number of nitrogens with one attached hydrogen (secondary N) is 3. The second kappa shape index (κ2) is 19.9. The minimum atomic E-state index is -1.01. The Kier molecular flexibility index (Phi) is 14.5. The molecule has 1 saturated carbocycles. The molecule has 9 rings (SSSR count). The number of benzene rings is 2. The van der Waals surface area contributed by atoms with E-state index in [2.05, 4.69) is 30.4 Å². The number of phenolic OH excluding ortho intramolecular Hbond substituents is 1. The Bertz CT molecular complexity index is 2790. The van der Waals surface area contributed by atoms with E-state index in [0.717, 1.165) is 58.4 Å². The monoisotopic (exact) mass is 925 g/mol. The number of anilines is 3. The van der Waals surface area contributed by atoms with E-state index < -0.39 is 5.60 Å². The number of rotatable bonds is 12. The average molecular weight is 927 g/mol. The molecule has 6 heterocycles. The second-order valence-corrected chi connectivity index (χ2v) is 18.6. The first kappa shape index (κ1) is 47.4. The van der Waals surface area contributed by atoms with E-state index in [-0.39, 0.29) is 48.6 Å². The Morgan fingerprint density at radius 3 is 2.42 bits per heavy atom. The number of phenols is 1. The molecule has 1 aliphatic carbocycles. The first-order valence-electron chi connectivity index (χ1n) is 22.1. The number of nitrogens with zero attached hydrogens (tertiary/aromatic N) is 6. The second-order valence-electron chi connectivity index (χ2n) is 18.2. The van der Waals surface area contributed by atoms with Crippen molar-refractivity contribution >= 4 is 70.3 Å². The van der Waals surface area contributed by atoms with E-state index in [4.69, 9.17) is 21.3 Å². The van der Waals surface area contributed by atoms with E-state index in [1.807, 2.05) is 24.3 Å². The number of carbonyl (C=O) groups is 1. The number of likely N-dealkylation sites (tertiary alicyclic amines) is 1. The molecule has 2 aliphatic heterocycles. The van der Waals surface area contributed by atoms with Gasteiger partial charge in [0, 0.05) is 93.8 Å². The number of hydrogen-bond donors (Lipinski definition) is 5. The summed E-state index contributed by atoms with van der Waals surface area (Å²) in [5.74, 6) is 3.74. The number of aromatic nitrogens is 5. The summed E-state index contributed by atoms with van der Waals surface area (Å²) in [6.45, 7) is 8.96. The zero-order valence-corrected chi connectivity index (χ0v) is 39.4. The molecule has 346 valence electrons. The smallest absolute Gasteiger partial charge is 0.293 e. The van der Waals surface area contributed by atoms with Gasteiger partial charge in [-0.25, -0.2) is 4.98 Å². The Morgan fingerprint density at radius 1 is 0.969 bits per heavy atom. The summed E-state index contributed by atoms with van der Waals surface area (Å²) in [7, 11) is 4.87. The number of pyridine rings is 2. The summed E-state index contributed by atoms with van der Waals surface area (Å²) in [5.41, 5.74) is 2.56. The van der Waals surface area contributed by atoms with Crippen LogP contribution in [-0.2, 0) is 24.5 Å². The molecule has 0 unspecified atom stereocenters. The molecule has 65 heavy (non-hydrogen) atoms. The average Bonchev–Trinajstić information content (AvgIpc) is 3.75. The van der Waals surface area contributed by atoms with E-state index in [9.17, 15) is 24.6 Å². The molecule has 2 saturated heterocycles. The van der Waals surface area contributed by atoms with Gasteiger partial charge in [0.1, 0.15) is 16.3 Å². The van der Waals surface area contributed by atoms with Crippen molar-refractivity contribution in [2.24, 2.45) is 31.8 Å². The number of likely N-dealkylation sites (N-methyl/N-ethyl adjacent to an activating group) is 1. The molecular formula is C48H60ClN9O6S. The normalized spacial score (nSPS) is 16.0. The van der Waals surface area contributed by atoms with E-state index in [0.29, 0.717) is 33.4 Å². The van der Waals surface area contributed by atoms with Crippen LogP contribution < -0.4 is 31.4 Å². The van der Waals surface area contributed by atoms with Crippen LogP contribution in [0.15, 0.2) is 76.7 Å². The number of piperidine rings is 1. The number of hydrogen-bond acceptors (Lipinski definition) is 11. The molecule has 3 aliphatic rings. The molecule has 0 spiro atoms. The number of aryl methyl sites for hydroxylation is 2. The fourth-order valence-corrected chi connectivity index (χ4v) is 9.19. The lowest BCUT2D eigenvalue weighted by atomic mass is 9.81. The van der Waals surface area contributed by atoms with Gasteiger partial charge >= 0.3 is 0 Å². The van der Waals surface area contributed by atoms with E-state index in [1.165, 1.54) is 74.3 Å². The van der Waals surface area contributed by atoms with Crippen LogP contribution in [0.1, 0.15) is 57.9 Å². The van der Waals surface area contributed by atoms with Crippen molar-refractivity contribution in [3.8, 4) is 22.6 Å². The number of aromatic hydroxyl groups is 1. The lowest BCUT2D eigenvalue weighted by Crippen LogP contribution is -2.50. The lowest BCUT2D eigenvalue weighted by Gasteiger charge is -2.45. The molecule has 0 bridgehead atoms. The SMILES string of the molecule is CNC(=O)COc1cc2cc(Nc3nc(N4CCC(CC5CN(CC6CCC6)C5)CC4)ncc3Cl)ccc2n(C)c1=O.Cn1cc(-c2cc(C(C)(C)O)ccc2O)c2cc[nH]c2c1=O.S. The molecule has 5 N–H and O–H groups in total. The Balaban J connectivity index is 0.000000231. The fraction of sp³-hybridized carbons (Fsp3) is 0.438. The summed E-state index contributed by atoms with van der Waals surface area (Å²) in [4.78, 5) is 53.6. The highest BCUT2D eigenvalue weighted by molar-refractivity contribution is 7.59. The van der Waals surface area contributed by atoms with Crippen LogP contribution >= 0.6 is 25.1 Å². The predicted octanol–water partition coefficient (Wildman–Crippen LogP) is 6.77. The quantitative estimate of drug-likeness (QED) is 0.0874. The topological polar surface area (TPSA) is 183 Å². The van der Waals surface area contributed by atoms with Gasteiger partial charge < -0.3 is 49.5 Å². The molecule has 0 radical (unpaired) electrons. The lowest BCUT2D eigenvalue weighted by molar-refractivity contribution is -0.122. The third kappa shape index (κ3) is 10.6. The summed E-state index contributed by atoms with van der Waals surface area (Å²) in [5, 5.41) is 28.2. The van der Waals surface area contributed by atoms with Gasteiger partial charge in [-0.05, 0) is 112 Å². The van der Waals surface area contributed by atoms with Crippen molar-refractivity contribution in [2.75, 3.05) is 56.6 Å². The van der Waals surface area contributed by atoms with Crippen LogP contribution in [-0.4, -0.2) is 91.5 Å². The van der Waals surface area contributed by atoms with Crippen molar-refractivity contribution in [3.05, 3.63) is 98.4 Å². The van der Waals surface area contributed by atoms with Gasteiger partial charge in [-0.1, -0.05) is 24.1 Å². The van der Waals surface area contributed by atoms with E-state index in [1.54, 1.807) is 70.8 Å². The van der Waals surface area contributed by atoms with Crippen molar-refractivity contribution in [2.45, 2.75) is 58.0 Å². The summed E-state index contributed by atoms with van der Waals surface area (Å²) < 4.78 is 8.47. The highest BCUT2D eigenvalue weighted by Crippen LogP contribution is 2.37. The van der Waals surface area contributed by atoms with Crippen LogP contribution in [0.4, 0.5) is 17.5 Å². The largest absolute Gasteiger partial charge is 0.507 e. The maximum Gasteiger partial charge on any atom is 0.293 e. The van der Waals surface area contributed by atoms with Gasteiger partial charge in [-0.15, -0.1) is 0 Å². The highest BCUT2D eigenvalue weighted by Gasteiger charge is 2.33. The molecule has 15 nitrogen and oxygen atoms in total. The summed E-state index contributed by atoms with van der Waals surface area (Å²) in [6.07, 6.45) is 13.0. The van der Waals surface area contributed by atoms with Crippen molar-refractivity contribution < 1.29 is 19.7 Å². The van der Waals surface area contributed by atoms with Crippen molar-refractivity contribution in [3.63, 3.8) is 0 Å². The number of aromatic amines is 1. The number of H-pyrrole nitrogens is 1. The third-order valence-electron chi connectivity index (χ3n) is 13.0. The molecular weight excluding hydrogens is 866 g/mol. The van der Waals surface area contributed by atoms with Crippen LogP contribution in [0.2, 0.25) is 5.02 Å². The number of ether oxygens (including phenoxy) is 1. The van der Waals surface area contributed by atoms with Gasteiger partial charge in [0.05, 0.1) is 17.3 Å². The molecule has 2 aromatic carbocycles. The first-order valence-corrected chi connectivity index (χ1v) is 22.5. The minimum absolute atomic E-state index is 0. The van der Waals surface area contributed by atoms with Crippen molar-refractivity contribution in [1.29, 1.82) is 0 Å². The zero-order chi connectivity index (χ0) is 45.3. The third-order valence-corrected chi connectivity index (χ3v) is 13.3. The van der Waals surface area contributed by atoms with Gasteiger partial charge in [-0.3, -0.25) is 14.4 Å². The number of halogens is 1. The van der Waals surface area contributed by atoms with Gasteiger partial charge in [-0.2, -0.15) is 18.5 Å². The van der Waals surface area contributed by atoms with Crippen LogP contribution in [0.3, 0.4) is 0 Å². The molecule has 0 atom stereocenters. The fourth-order valence-electron chi connectivity index (χ4n) is 9.06. The number of aliphatic hydroxyl groups is 1. The number of fused-ring (bicyclic) bond motifs is 2. The van der Waals surface area contributed by atoms with Gasteiger partial charge in [0.15, 0.2) is 18.2 Å². The summed E-state index contributed by atoms with van der Waals surface area (Å²) in [6, 6.07) is 14.1. The molecule has 4 aromatic heterocycles. The Morgan fingerprint density at radius 2 is 1.72 bits per heavy atom. The van der Waals surface area contributed by atoms with Crippen molar-refractivity contribution in [1.82, 2.24) is 34.3 Å². The molecule has 17 heteroatoms. The molecule has 3 fully saturated rings. The molecule has 6 aromatic rings. The Labute approximate surface area is 390 Å². The van der Waals surface area contributed by atoms with Gasteiger partial charge in [0.25, 0.3) is 17.0 Å². The van der Waals surface area contributed by atoms with Crippen LogP contribution in [0.5, 0.6) is 11.5 Å². The first-order chi connectivity index (χ1) is 30.6. The predicted molar refractivity (Wildman–Crippen MR) is 262 cm³/mol.